The third-order valence-electron chi connectivity index (χ3n) is 3.51. The summed E-state index contributed by atoms with van der Waals surface area (Å²) in [6.45, 7) is 1.37. The van der Waals surface area contributed by atoms with Crippen LogP contribution in [0.2, 0.25) is 0 Å². The first kappa shape index (κ1) is 10.8. The van der Waals surface area contributed by atoms with E-state index in [4.69, 9.17) is 0 Å². The number of nitrogens with one attached hydrogen (secondary N) is 1. The van der Waals surface area contributed by atoms with Gasteiger partial charge in [-0.3, -0.25) is 9.69 Å². The first-order chi connectivity index (χ1) is 6.99. The Morgan fingerprint density at radius 2 is 2.20 bits per heavy atom. The number of halogens is 2. The second-order valence-corrected chi connectivity index (χ2v) is 4.65. The van der Waals surface area contributed by atoms with E-state index >= 15 is 0 Å². The van der Waals surface area contributed by atoms with Crippen LogP contribution in [0.3, 0.4) is 0 Å². The van der Waals surface area contributed by atoms with E-state index in [2.05, 4.69) is 5.32 Å². The fourth-order valence-electron chi connectivity index (χ4n) is 2.47. The lowest BCUT2D eigenvalue weighted by atomic mass is 9.94. The van der Waals surface area contributed by atoms with Crippen molar-refractivity contribution in [3.8, 4) is 0 Å². The monoisotopic (exact) mass is 218 g/mol. The fourth-order valence-corrected chi connectivity index (χ4v) is 2.47. The maximum Gasteiger partial charge on any atom is 0.255 e. The molecule has 1 atom stereocenters. The Morgan fingerprint density at radius 3 is 2.73 bits per heavy atom. The lowest BCUT2D eigenvalue weighted by Crippen LogP contribution is -2.43. The Bertz CT molecular complexity index is 283. The highest BCUT2D eigenvalue weighted by molar-refractivity contribution is 5.77. The highest BCUT2D eigenvalue weighted by Gasteiger charge is 2.71. The highest BCUT2D eigenvalue weighted by Crippen LogP contribution is 2.64. The molecule has 2 rings (SSSR count). The lowest BCUT2D eigenvalue weighted by molar-refractivity contribution is -0.122. The molecule has 0 radical (unpaired) electrons. The second-order valence-electron chi connectivity index (χ2n) is 4.65. The van der Waals surface area contributed by atoms with Gasteiger partial charge in [0.1, 0.15) is 0 Å². The number of hydrogen-bond donors (Lipinski definition) is 1. The first-order valence-electron chi connectivity index (χ1n) is 5.30. The van der Waals surface area contributed by atoms with Gasteiger partial charge in [-0.1, -0.05) is 0 Å². The molecule has 1 unspecified atom stereocenters. The van der Waals surface area contributed by atoms with Crippen LogP contribution in [-0.4, -0.2) is 43.4 Å². The average molecular weight is 218 g/mol. The van der Waals surface area contributed by atoms with Gasteiger partial charge in [-0.05, 0) is 19.4 Å². The molecule has 1 aliphatic carbocycles. The van der Waals surface area contributed by atoms with Crippen molar-refractivity contribution in [1.82, 2.24) is 10.2 Å². The summed E-state index contributed by atoms with van der Waals surface area (Å²) in [5.74, 6) is -2.59. The number of amides is 1. The quantitative estimate of drug-likeness (QED) is 0.745. The van der Waals surface area contributed by atoms with E-state index in [1.165, 1.54) is 0 Å². The summed E-state index contributed by atoms with van der Waals surface area (Å²) < 4.78 is 26.3. The molecule has 2 fully saturated rings. The molecule has 2 aliphatic rings. The molecular weight excluding hydrogens is 202 g/mol. The number of alkyl halides is 2. The summed E-state index contributed by atoms with van der Waals surface area (Å²) >= 11 is 0. The van der Waals surface area contributed by atoms with Crippen molar-refractivity contribution in [1.29, 1.82) is 0 Å². The predicted octanol–water partition coefficient (Wildman–Crippen LogP) is 0.854. The maximum atomic E-state index is 13.1. The van der Waals surface area contributed by atoms with E-state index < -0.39 is 11.3 Å². The molecule has 15 heavy (non-hydrogen) atoms. The van der Waals surface area contributed by atoms with Crippen molar-refractivity contribution < 1.29 is 13.6 Å². The Hall–Kier alpha value is -0.710. The third kappa shape index (κ3) is 1.85. The van der Waals surface area contributed by atoms with Crippen LogP contribution in [0.5, 0.6) is 0 Å². The Morgan fingerprint density at radius 1 is 1.53 bits per heavy atom. The van der Waals surface area contributed by atoms with Gasteiger partial charge in [-0.2, -0.15) is 0 Å². The molecule has 0 aromatic carbocycles. The van der Waals surface area contributed by atoms with E-state index in [1.807, 2.05) is 4.90 Å². The van der Waals surface area contributed by atoms with Gasteiger partial charge in [0.15, 0.2) is 0 Å². The summed E-state index contributed by atoms with van der Waals surface area (Å²) in [4.78, 5) is 13.0. The maximum absolute atomic E-state index is 13.1. The Labute approximate surface area is 87.8 Å². The van der Waals surface area contributed by atoms with Crippen LogP contribution in [0.15, 0.2) is 0 Å². The zero-order valence-corrected chi connectivity index (χ0v) is 8.85. The molecule has 1 heterocycles. The van der Waals surface area contributed by atoms with Crippen molar-refractivity contribution in [3.05, 3.63) is 0 Å². The molecule has 1 saturated carbocycles. The number of piperidine rings is 1. The van der Waals surface area contributed by atoms with E-state index in [-0.39, 0.29) is 18.9 Å². The summed E-state index contributed by atoms with van der Waals surface area (Å²) in [6, 6.07) is 0. The molecular formula is C10H16F2N2O. The van der Waals surface area contributed by atoms with Gasteiger partial charge in [-0.25, -0.2) is 8.78 Å². The van der Waals surface area contributed by atoms with Crippen molar-refractivity contribution in [2.45, 2.75) is 25.2 Å². The molecule has 3 nitrogen and oxygen atoms in total. The molecule has 86 valence electrons. The van der Waals surface area contributed by atoms with Crippen LogP contribution in [-0.2, 0) is 4.79 Å². The zero-order chi connectivity index (χ0) is 11.1. The largest absolute Gasteiger partial charge is 0.358 e. The molecule has 1 spiro atoms. The third-order valence-corrected chi connectivity index (χ3v) is 3.51. The van der Waals surface area contributed by atoms with Gasteiger partial charge in [0, 0.05) is 20.0 Å². The standard InChI is InChI=1S/C10H16F2N2O/c1-13-8(15)5-14-4-2-3-9(7-14)6-10(9,11)12/h2-7H2,1H3,(H,13,15). The van der Waals surface area contributed by atoms with E-state index in [0.717, 1.165) is 13.0 Å². The highest BCUT2D eigenvalue weighted by atomic mass is 19.3. The van der Waals surface area contributed by atoms with Gasteiger partial charge < -0.3 is 5.32 Å². The van der Waals surface area contributed by atoms with Gasteiger partial charge in [-0.15, -0.1) is 0 Å². The minimum Gasteiger partial charge on any atom is -0.358 e. The van der Waals surface area contributed by atoms with Crippen LogP contribution in [0.4, 0.5) is 8.78 Å². The minimum absolute atomic E-state index is 0.00421. The fraction of sp³-hybridized carbons (Fsp3) is 0.900. The summed E-state index contributed by atoms with van der Waals surface area (Å²) in [5.41, 5.74) is -0.806. The van der Waals surface area contributed by atoms with E-state index in [9.17, 15) is 13.6 Å². The van der Waals surface area contributed by atoms with Crippen molar-refractivity contribution in [2.75, 3.05) is 26.7 Å². The Kier molecular flexibility index (Phi) is 2.45. The van der Waals surface area contributed by atoms with Crippen LogP contribution in [0.25, 0.3) is 0 Å². The molecule has 0 aromatic heterocycles. The van der Waals surface area contributed by atoms with Gasteiger partial charge in [0.2, 0.25) is 5.91 Å². The van der Waals surface area contributed by atoms with Crippen molar-refractivity contribution >= 4 is 5.91 Å². The number of hydrogen-bond acceptors (Lipinski definition) is 2. The van der Waals surface area contributed by atoms with Crippen LogP contribution in [0, 0.1) is 5.41 Å². The molecule has 1 N–H and O–H groups in total. The van der Waals surface area contributed by atoms with Crippen LogP contribution < -0.4 is 5.32 Å². The second kappa shape index (κ2) is 3.40. The summed E-state index contributed by atoms with van der Waals surface area (Å²) in [6.07, 6.45) is 1.38. The van der Waals surface area contributed by atoms with Gasteiger partial charge >= 0.3 is 0 Å². The molecule has 1 aliphatic heterocycles. The smallest absolute Gasteiger partial charge is 0.255 e. The summed E-state index contributed by atoms with van der Waals surface area (Å²) in [5, 5.41) is 2.51. The molecule has 1 amide bonds. The minimum atomic E-state index is -2.49. The SMILES string of the molecule is CNC(=O)CN1CCCC2(C1)CC2(F)F. The molecule has 1 saturated heterocycles. The lowest BCUT2D eigenvalue weighted by Gasteiger charge is -2.32. The average Bonchev–Trinajstić information content (AvgIpc) is 2.66. The first-order valence-corrected chi connectivity index (χ1v) is 5.30. The molecule has 5 heteroatoms. The summed E-state index contributed by atoms with van der Waals surface area (Å²) in [7, 11) is 1.56. The number of carbonyl (C=O) groups is 1. The van der Waals surface area contributed by atoms with E-state index in [0.29, 0.717) is 13.0 Å². The topological polar surface area (TPSA) is 32.3 Å². The number of likely N-dealkylation sites (tertiary alicyclic amines) is 1. The van der Waals surface area contributed by atoms with Gasteiger partial charge in [0.25, 0.3) is 5.92 Å². The number of carbonyl (C=O) groups excluding carboxylic acids is 1. The van der Waals surface area contributed by atoms with E-state index in [1.54, 1.807) is 7.05 Å². The Balaban J connectivity index is 1.92. The number of rotatable bonds is 2. The van der Waals surface area contributed by atoms with Crippen LogP contribution in [0.1, 0.15) is 19.3 Å². The van der Waals surface area contributed by atoms with Crippen molar-refractivity contribution in [3.63, 3.8) is 0 Å². The number of nitrogens with zero attached hydrogens (tertiary/aromatic N) is 1. The van der Waals surface area contributed by atoms with Crippen LogP contribution >= 0.6 is 0 Å². The van der Waals surface area contributed by atoms with Crippen molar-refractivity contribution in [2.24, 2.45) is 5.41 Å². The zero-order valence-electron chi connectivity index (χ0n) is 8.85. The molecule has 0 bridgehead atoms. The molecule has 0 aromatic rings. The normalized spacial score (nSPS) is 34.1. The predicted molar refractivity (Wildman–Crippen MR) is 51.7 cm³/mol. The van der Waals surface area contributed by atoms with Gasteiger partial charge in [0.05, 0.1) is 12.0 Å². The number of likely N-dealkylation sites (N-methyl/N-ethyl adjacent to an activating group) is 1.